The molecule has 0 unspecified atom stereocenters. The number of nitrogens with one attached hydrogen (secondary N) is 1. The zero-order chi connectivity index (χ0) is 24.0. The first-order valence-corrected chi connectivity index (χ1v) is 10.7. The second kappa shape index (κ2) is 10.3. The van der Waals surface area contributed by atoms with Crippen LogP contribution < -0.4 is 5.32 Å². The van der Waals surface area contributed by atoms with Crippen LogP contribution >= 0.6 is 11.6 Å². The molecule has 0 spiro atoms. The molecule has 1 amide bonds. The number of ketones is 1. The van der Waals surface area contributed by atoms with Crippen LogP contribution in [0.4, 0.5) is 10.5 Å². The monoisotopic (exact) mass is 461 g/mol. The Kier molecular flexibility index (Phi) is 7.47. The molecule has 0 aliphatic heterocycles. The number of aromatic nitrogens is 2. The summed E-state index contributed by atoms with van der Waals surface area (Å²) < 4.78 is 5.25. The third kappa shape index (κ3) is 7.16. The Morgan fingerprint density at radius 1 is 1.09 bits per heavy atom. The molecular formula is C26H24ClN3O3. The summed E-state index contributed by atoms with van der Waals surface area (Å²) in [7, 11) is 0. The highest BCUT2D eigenvalue weighted by molar-refractivity contribution is 6.34. The molecule has 2 heterocycles. The number of pyridine rings is 2. The fraction of sp³-hybridized carbons (Fsp3) is 0.231. The predicted octanol–water partition coefficient (Wildman–Crippen LogP) is 5.61. The van der Waals surface area contributed by atoms with Gasteiger partial charge in [0, 0.05) is 29.2 Å². The summed E-state index contributed by atoms with van der Waals surface area (Å²) in [6.45, 7) is 7.19. The van der Waals surface area contributed by atoms with Crippen LogP contribution in [0.3, 0.4) is 0 Å². The van der Waals surface area contributed by atoms with Gasteiger partial charge in [-0.15, -0.1) is 0 Å². The van der Waals surface area contributed by atoms with E-state index >= 15 is 0 Å². The van der Waals surface area contributed by atoms with Crippen molar-refractivity contribution in [2.45, 2.75) is 39.7 Å². The summed E-state index contributed by atoms with van der Waals surface area (Å²) >= 11 is 6.26. The van der Waals surface area contributed by atoms with Gasteiger partial charge in [0.15, 0.2) is 5.78 Å². The van der Waals surface area contributed by atoms with Crippen LogP contribution in [0.15, 0.2) is 54.9 Å². The van der Waals surface area contributed by atoms with Crippen LogP contribution in [0.5, 0.6) is 0 Å². The van der Waals surface area contributed by atoms with Crippen molar-refractivity contribution in [2.24, 2.45) is 0 Å². The fourth-order valence-corrected chi connectivity index (χ4v) is 3.14. The summed E-state index contributed by atoms with van der Waals surface area (Å²) in [6, 6.07) is 12.1. The van der Waals surface area contributed by atoms with E-state index in [1.807, 2.05) is 31.2 Å². The van der Waals surface area contributed by atoms with E-state index in [0.717, 1.165) is 11.1 Å². The summed E-state index contributed by atoms with van der Waals surface area (Å²) in [5.41, 5.74) is 2.96. The summed E-state index contributed by atoms with van der Waals surface area (Å²) in [4.78, 5) is 33.6. The van der Waals surface area contributed by atoms with E-state index in [2.05, 4.69) is 27.1 Å². The minimum atomic E-state index is -0.632. The Labute approximate surface area is 198 Å². The zero-order valence-electron chi connectivity index (χ0n) is 18.9. The molecule has 1 N–H and O–H groups in total. The van der Waals surface area contributed by atoms with Crippen molar-refractivity contribution in [3.8, 4) is 11.8 Å². The molecule has 0 radical (unpaired) electrons. The first-order chi connectivity index (χ1) is 15.6. The molecule has 0 bridgehead atoms. The maximum atomic E-state index is 12.9. The van der Waals surface area contributed by atoms with Crippen LogP contribution in [-0.4, -0.2) is 27.4 Å². The van der Waals surface area contributed by atoms with E-state index in [1.165, 1.54) is 6.07 Å². The number of nitrogens with zero attached hydrogens (tertiary/aromatic N) is 2. The number of Topliss-reactive ketones (excluding diaryl/α,β-unsaturated/α-hetero) is 1. The second-order valence-corrected chi connectivity index (χ2v) is 8.78. The van der Waals surface area contributed by atoms with Gasteiger partial charge in [0.1, 0.15) is 11.3 Å². The lowest BCUT2D eigenvalue weighted by molar-refractivity contribution is 0.0635. The average molecular weight is 462 g/mol. The first-order valence-electron chi connectivity index (χ1n) is 10.3. The normalized spacial score (nSPS) is 10.7. The van der Waals surface area contributed by atoms with Crippen molar-refractivity contribution >= 4 is 29.2 Å². The van der Waals surface area contributed by atoms with Gasteiger partial charge < -0.3 is 4.74 Å². The lowest BCUT2D eigenvalue weighted by Gasteiger charge is -2.19. The third-order valence-electron chi connectivity index (χ3n) is 4.43. The molecule has 2 aromatic heterocycles. The van der Waals surface area contributed by atoms with E-state index in [-0.39, 0.29) is 12.2 Å². The molecule has 6 nitrogen and oxygen atoms in total. The Morgan fingerprint density at radius 2 is 1.88 bits per heavy atom. The van der Waals surface area contributed by atoms with Crippen molar-refractivity contribution in [1.29, 1.82) is 0 Å². The van der Waals surface area contributed by atoms with Gasteiger partial charge in [-0.05, 0) is 75.6 Å². The number of halogens is 1. The molecule has 3 aromatic rings. The molecular weight excluding hydrogens is 438 g/mol. The number of benzene rings is 1. The lowest BCUT2D eigenvalue weighted by atomic mass is 10.0. The van der Waals surface area contributed by atoms with Gasteiger partial charge in [0.05, 0.1) is 17.1 Å². The van der Waals surface area contributed by atoms with Crippen molar-refractivity contribution in [3.05, 3.63) is 88.0 Å². The van der Waals surface area contributed by atoms with Gasteiger partial charge in [0.25, 0.3) is 0 Å². The standard InChI is InChI=1S/C26H24ClN3O3/c1-17-13-18(8-9-19-7-5-6-12-28-19)16-29-23(17)15-24(31)21-14-20(10-11-22(21)27)30-25(32)33-26(2,3)4/h5-7,10-14,16H,15H2,1-4H3,(H,30,32). The summed E-state index contributed by atoms with van der Waals surface area (Å²) in [5.74, 6) is 5.81. The quantitative estimate of drug-likeness (QED) is 0.403. The highest BCUT2D eigenvalue weighted by Crippen LogP contribution is 2.23. The molecule has 33 heavy (non-hydrogen) atoms. The van der Waals surface area contributed by atoms with Gasteiger partial charge >= 0.3 is 6.09 Å². The molecule has 3 rings (SSSR count). The van der Waals surface area contributed by atoms with Crippen molar-refractivity contribution in [3.63, 3.8) is 0 Å². The number of aryl methyl sites for hydroxylation is 1. The lowest BCUT2D eigenvalue weighted by Crippen LogP contribution is -2.27. The molecule has 0 atom stereocenters. The number of carbonyl (C=O) groups is 2. The third-order valence-corrected chi connectivity index (χ3v) is 4.76. The number of rotatable bonds is 4. The molecule has 0 saturated carbocycles. The number of ether oxygens (including phenoxy) is 1. The predicted molar refractivity (Wildman–Crippen MR) is 129 cm³/mol. The minimum absolute atomic E-state index is 0.0649. The van der Waals surface area contributed by atoms with Crippen molar-refractivity contribution in [2.75, 3.05) is 5.32 Å². The number of anilines is 1. The molecule has 0 fully saturated rings. The zero-order valence-corrected chi connectivity index (χ0v) is 19.7. The van der Waals surface area contributed by atoms with Gasteiger partial charge in [-0.1, -0.05) is 23.6 Å². The van der Waals surface area contributed by atoms with E-state index in [0.29, 0.717) is 27.7 Å². The second-order valence-electron chi connectivity index (χ2n) is 8.37. The number of carbonyl (C=O) groups excluding carboxylic acids is 2. The maximum absolute atomic E-state index is 12.9. The molecule has 1 aromatic carbocycles. The number of hydrogen-bond acceptors (Lipinski definition) is 5. The van der Waals surface area contributed by atoms with Crippen molar-refractivity contribution in [1.82, 2.24) is 9.97 Å². The Morgan fingerprint density at radius 3 is 2.55 bits per heavy atom. The van der Waals surface area contributed by atoms with E-state index < -0.39 is 11.7 Å². The molecule has 168 valence electrons. The van der Waals surface area contributed by atoms with Crippen molar-refractivity contribution < 1.29 is 14.3 Å². The Bertz CT molecular complexity index is 1240. The van der Waals surface area contributed by atoms with Crippen LogP contribution in [0.1, 0.15) is 53.6 Å². The minimum Gasteiger partial charge on any atom is -0.444 e. The summed E-state index contributed by atoms with van der Waals surface area (Å²) in [6.07, 6.45) is 2.78. The maximum Gasteiger partial charge on any atom is 0.412 e. The largest absolute Gasteiger partial charge is 0.444 e. The number of amides is 1. The molecule has 7 heteroatoms. The SMILES string of the molecule is Cc1cc(C#Cc2ccccn2)cnc1CC(=O)c1cc(NC(=O)OC(C)(C)C)ccc1Cl. The topological polar surface area (TPSA) is 81.2 Å². The summed E-state index contributed by atoms with van der Waals surface area (Å²) in [5, 5.41) is 2.92. The Hall–Kier alpha value is -3.69. The van der Waals surface area contributed by atoms with Gasteiger partial charge in [-0.3, -0.25) is 15.1 Å². The van der Waals surface area contributed by atoms with E-state index in [1.54, 1.807) is 45.3 Å². The molecule has 0 aliphatic carbocycles. The highest BCUT2D eigenvalue weighted by Gasteiger charge is 2.18. The molecule has 0 saturated heterocycles. The van der Waals surface area contributed by atoms with E-state index in [4.69, 9.17) is 16.3 Å². The Balaban J connectivity index is 1.73. The first kappa shape index (κ1) is 24.0. The molecule has 0 aliphatic rings. The van der Waals surface area contributed by atoms with Crippen LogP contribution in [0, 0.1) is 18.8 Å². The van der Waals surface area contributed by atoms with Gasteiger partial charge in [-0.2, -0.15) is 0 Å². The average Bonchev–Trinajstić information content (AvgIpc) is 2.74. The van der Waals surface area contributed by atoms with Gasteiger partial charge in [0.2, 0.25) is 0 Å². The van der Waals surface area contributed by atoms with Crippen LogP contribution in [0.25, 0.3) is 0 Å². The smallest absolute Gasteiger partial charge is 0.412 e. The fourth-order valence-electron chi connectivity index (χ4n) is 2.91. The number of hydrogen-bond donors (Lipinski definition) is 1. The van der Waals surface area contributed by atoms with Crippen LogP contribution in [0.2, 0.25) is 5.02 Å². The highest BCUT2D eigenvalue weighted by atomic mass is 35.5. The van der Waals surface area contributed by atoms with E-state index in [9.17, 15) is 9.59 Å². The van der Waals surface area contributed by atoms with Crippen LogP contribution in [-0.2, 0) is 11.2 Å². The van der Waals surface area contributed by atoms with Gasteiger partial charge in [-0.25, -0.2) is 9.78 Å².